The number of carbonyl (C=O) groups excluding carboxylic acids is 1. The molecule has 2 aromatic carbocycles. The number of nitrogens with one attached hydrogen (secondary N) is 1. The van der Waals surface area contributed by atoms with Crippen molar-refractivity contribution in [2.75, 3.05) is 0 Å². The number of ketones is 1. The van der Waals surface area contributed by atoms with Gasteiger partial charge in [-0.2, -0.15) is 4.68 Å². The number of fused-ring (bicyclic) bond motifs is 4. The summed E-state index contributed by atoms with van der Waals surface area (Å²) < 4.78 is 3.59. The monoisotopic (exact) mass is 483 g/mol. The third-order valence-corrected chi connectivity index (χ3v) is 7.76. The molecular weight excluding hydrogens is 458 g/mol. The first kappa shape index (κ1) is 21.9. The zero-order valence-electron chi connectivity index (χ0n) is 19.4. The van der Waals surface area contributed by atoms with Gasteiger partial charge in [-0.25, -0.2) is 4.98 Å². The summed E-state index contributed by atoms with van der Waals surface area (Å²) in [5.41, 5.74) is 3.80. The van der Waals surface area contributed by atoms with Crippen LogP contribution in [0.15, 0.2) is 70.7 Å². The molecular formula is C27H25N5O2S. The van der Waals surface area contributed by atoms with E-state index in [0.29, 0.717) is 17.0 Å². The number of hydrogen-bond donors (Lipinski definition) is 1. The van der Waals surface area contributed by atoms with Crippen molar-refractivity contribution >= 4 is 28.4 Å². The molecule has 0 saturated carbocycles. The molecule has 0 radical (unpaired) electrons. The van der Waals surface area contributed by atoms with Crippen molar-refractivity contribution in [2.24, 2.45) is 0 Å². The molecule has 176 valence electrons. The molecule has 1 unspecified atom stereocenters. The highest BCUT2D eigenvalue weighted by Gasteiger charge is 2.29. The number of H-pyrrole nitrogens is 1. The molecule has 3 aliphatic heterocycles. The average Bonchev–Trinajstić information content (AvgIpc) is 3.36. The van der Waals surface area contributed by atoms with Gasteiger partial charge < -0.3 is 9.55 Å². The first-order chi connectivity index (χ1) is 17.1. The highest BCUT2D eigenvalue weighted by atomic mass is 32.2. The lowest BCUT2D eigenvalue weighted by Crippen LogP contribution is -2.20. The molecule has 1 atom stereocenters. The van der Waals surface area contributed by atoms with Crippen LogP contribution in [0.1, 0.15) is 42.2 Å². The Bertz CT molecular complexity index is 1570. The third-order valence-electron chi connectivity index (χ3n) is 6.67. The lowest BCUT2D eigenvalue weighted by Gasteiger charge is -2.19. The molecule has 0 spiro atoms. The average molecular weight is 484 g/mol. The normalized spacial score (nSPS) is 14.7. The zero-order chi connectivity index (χ0) is 23.9. The number of para-hydroxylation sites is 2. The van der Waals surface area contributed by atoms with Crippen LogP contribution in [-0.4, -0.2) is 35.3 Å². The Kier molecular flexibility index (Phi) is 5.53. The molecule has 0 bridgehead atoms. The maximum Gasteiger partial charge on any atom is 0.284 e. The number of rotatable bonds is 5. The van der Waals surface area contributed by atoms with Crippen LogP contribution in [0.3, 0.4) is 0 Å². The number of hydrogen-bond acceptors (Lipinski definition) is 5. The topological polar surface area (TPSA) is 85.6 Å². The summed E-state index contributed by atoms with van der Waals surface area (Å²) in [7, 11) is 0. The molecule has 4 heterocycles. The van der Waals surface area contributed by atoms with Crippen molar-refractivity contribution in [1.82, 2.24) is 24.3 Å². The summed E-state index contributed by atoms with van der Waals surface area (Å²) in [5.74, 6) is 0.498. The SMILES string of the molecule is CC(Sc1nc2nn(-c3ccccc3)c(=O)c-2c2n1CCCCC2)C(=O)c1c[nH]c2ccccc12. The Labute approximate surface area is 206 Å². The van der Waals surface area contributed by atoms with Crippen LogP contribution in [-0.2, 0) is 13.0 Å². The number of benzene rings is 2. The van der Waals surface area contributed by atoms with Gasteiger partial charge in [0, 0.05) is 34.9 Å². The molecule has 0 fully saturated rings. The van der Waals surface area contributed by atoms with E-state index in [-0.39, 0.29) is 16.6 Å². The minimum absolute atomic E-state index is 0.0525. The Balaban J connectivity index is 1.43. The van der Waals surface area contributed by atoms with Crippen LogP contribution in [0.2, 0.25) is 0 Å². The summed E-state index contributed by atoms with van der Waals surface area (Å²) in [5, 5.41) is 5.93. The summed E-state index contributed by atoms with van der Waals surface area (Å²) in [6, 6.07) is 17.3. The van der Waals surface area contributed by atoms with Gasteiger partial charge in [-0.1, -0.05) is 54.6 Å². The van der Waals surface area contributed by atoms with Gasteiger partial charge in [-0.3, -0.25) is 9.59 Å². The number of nitrogens with zero attached hydrogens (tertiary/aromatic N) is 4. The van der Waals surface area contributed by atoms with E-state index in [1.165, 1.54) is 16.4 Å². The standard InChI is InChI=1S/C27H25N5O2S/c1-17(24(33)20-16-28-21-13-8-7-12-19(20)21)35-27-29-25-23(22-14-6-3-9-15-31(22)27)26(34)32(30-25)18-10-4-2-5-11-18/h2,4-5,7-8,10-13,16-17,28H,3,6,9,14-15H2,1H3. The molecule has 0 saturated heterocycles. The van der Waals surface area contributed by atoms with Crippen molar-refractivity contribution in [3.05, 3.63) is 82.4 Å². The largest absolute Gasteiger partial charge is 0.360 e. The zero-order valence-corrected chi connectivity index (χ0v) is 20.2. The Morgan fingerprint density at radius 2 is 1.86 bits per heavy atom. The first-order valence-corrected chi connectivity index (χ1v) is 12.8. The second kappa shape index (κ2) is 8.85. The highest BCUT2D eigenvalue weighted by molar-refractivity contribution is 8.00. The van der Waals surface area contributed by atoms with E-state index in [4.69, 9.17) is 4.98 Å². The van der Waals surface area contributed by atoms with E-state index in [9.17, 15) is 9.59 Å². The number of aromatic nitrogens is 5. The molecule has 3 aromatic rings. The van der Waals surface area contributed by atoms with Gasteiger partial charge in [0.15, 0.2) is 16.8 Å². The summed E-state index contributed by atoms with van der Waals surface area (Å²) in [6.45, 7) is 2.70. The van der Waals surface area contributed by atoms with E-state index >= 15 is 0 Å². The Morgan fingerprint density at radius 3 is 2.71 bits per heavy atom. The van der Waals surface area contributed by atoms with Crippen LogP contribution >= 0.6 is 11.8 Å². The number of aromatic amines is 1. The van der Waals surface area contributed by atoms with Gasteiger partial charge in [0.1, 0.15) is 5.56 Å². The Hall–Kier alpha value is -3.65. The minimum Gasteiger partial charge on any atom is -0.360 e. The molecule has 7 nitrogen and oxygen atoms in total. The predicted octanol–water partition coefficient (Wildman–Crippen LogP) is 5.11. The molecule has 3 aliphatic rings. The lowest BCUT2D eigenvalue weighted by molar-refractivity contribution is 0.0995. The van der Waals surface area contributed by atoms with Gasteiger partial charge in [0.25, 0.3) is 5.56 Å². The van der Waals surface area contributed by atoms with E-state index in [0.717, 1.165) is 59.7 Å². The predicted molar refractivity (Wildman–Crippen MR) is 138 cm³/mol. The number of carbonyl (C=O) groups is 1. The van der Waals surface area contributed by atoms with Gasteiger partial charge in [-0.05, 0) is 44.4 Å². The molecule has 0 aliphatic carbocycles. The fourth-order valence-electron chi connectivity index (χ4n) is 4.89. The van der Waals surface area contributed by atoms with Crippen LogP contribution in [0, 0.1) is 0 Å². The molecule has 1 N–H and O–H groups in total. The lowest BCUT2D eigenvalue weighted by atomic mass is 10.1. The maximum absolute atomic E-state index is 13.4. The highest BCUT2D eigenvalue weighted by Crippen LogP contribution is 2.33. The van der Waals surface area contributed by atoms with E-state index in [1.807, 2.05) is 61.5 Å². The smallest absolute Gasteiger partial charge is 0.284 e. The van der Waals surface area contributed by atoms with Crippen molar-refractivity contribution < 1.29 is 4.79 Å². The van der Waals surface area contributed by atoms with E-state index in [1.54, 1.807) is 6.20 Å². The maximum atomic E-state index is 13.4. The van der Waals surface area contributed by atoms with Crippen LogP contribution in [0.25, 0.3) is 28.0 Å². The van der Waals surface area contributed by atoms with Crippen LogP contribution < -0.4 is 5.56 Å². The first-order valence-electron chi connectivity index (χ1n) is 12.0. The van der Waals surface area contributed by atoms with Gasteiger partial charge in [0.2, 0.25) is 0 Å². The van der Waals surface area contributed by atoms with Gasteiger partial charge in [0.05, 0.1) is 10.9 Å². The van der Waals surface area contributed by atoms with E-state index in [2.05, 4.69) is 14.6 Å². The fourth-order valence-corrected chi connectivity index (χ4v) is 5.91. The van der Waals surface area contributed by atoms with Crippen molar-refractivity contribution in [3.8, 4) is 17.1 Å². The molecule has 1 aromatic heterocycles. The van der Waals surface area contributed by atoms with E-state index < -0.39 is 0 Å². The number of Topliss-reactive ketones (excluding diaryl/α,β-unsaturated/α-hetero) is 1. The molecule has 6 rings (SSSR count). The molecule has 8 heteroatoms. The van der Waals surface area contributed by atoms with Gasteiger partial charge in [-0.15, -0.1) is 5.10 Å². The van der Waals surface area contributed by atoms with Crippen LogP contribution in [0.4, 0.5) is 0 Å². The number of thioether (sulfide) groups is 1. The van der Waals surface area contributed by atoms with Gasteiger partial charge >= 0.3 is 0 Å². The van der Waals surface area contributed by atoms with Crippen molar-refractivity contribution in [1.29, 1.82) is 0 Å². The molecule has 35 heavy (non-hydrogen) atoms. The third kappa shape index (κ3) is 3.78. The van der Waals surface area contributed by atoms with Crippen LogP contribution in [0.5, 0.6) is 0 Å². The summed E-state index contributed by atoms with van der Waals surface area (Å²) in [6.07, 6.45) is 5.72. The summed E-state index contributed by atoms with van der Waals surface area (Å²) in [4.78, 5) is 34.9. The Morgan fingerprint density at radius 1 is 1.06 bits per heavy atom. The second-order valence-electron chi connectivity index (χ2n) is 8.93. The molecule has 0 amide bonds. The minimum atomic E-state index is -0.345. The fraction of sp³-hybridized carbons (Fsp3) is 0.259. The quantitative estimate of drug-likeness (QED) is 0.213. The second-order valence-corrected chi connectivity index (χ2v) is 10.2. The summed E-state index contributed by atoms with van der Waals surface area (Å²) >= 11 is 1.45. The van der Waals surface area contributed by atoms with Crippen molar-refractivity contribution in [3.63, 3.8) is 0 Å². The van der Waals surface area contributed by atoms with Crippen molar-refractivity contribution in [2.45, 2.75) is 49.6 Å².